The number of nitrogens with one attached hydrogen (secondary N) is 2. The summed E-state index contributed by atoms with van der Waals surface area (Å²) in [5.74, 6) is 0.441. The van der Waals surface area contributed by atoms with Crippen LogP contribution in [0.4, 0.5) is 5.69 Å². The van der Waals surface area contributed by atoms with Gasteiger partial charge in [0.1, 0.15) is 11.8 Å². The van der Waals surface area contributed by atoms with E-state index in [-0.39, 0.29) is 29.6 Å². The first-order valence-corrected chi connectivity index (χ1v) is 18.2. The van der Waals surface area contributed by atoms with E-state index in [0.29, 0.717) is 35.7 Å². The lowest BCUT2D eigenvalue weighted by Crippen LogP contribution is -2.44. The molecule has 3 fully saturated rings. The van der Waals surface area contributed by atoms with Gasteiger partial charge in [0.2, 0.25) is 11.8 Å². The number of ether oxygens (including phenoxy) is 1. The third kappa shape index (κ3) is 6.35. The van der Waals surface area contributed by atoms with E-state index in [4.69, 9.17) is 9.84 Å². The molecule has 0 radical (unpaired) electrons. The second kappa shape index (κ2) is 14.0. The smallest absolute Gasteiger partial charge is 0.329 e. The molecule has 52 heavy (non-hydrogen) atoms. The van der Waals surface area contributed by atoms with Crippen molar-refractivity contribution in [2.45, 2.75) is 69.4 Å². The second-order valence-electron chi connectivity index (χ2n) is 14.4. The molecule has 0 bridgehead atoms. The quantitative estimate of drug-likeness (QED) is 0.224. The van der Waals surface area contributed by atoms with E-state index in [0.717, 1.165) is 85.7 Å². The van der Waals surface area contributed by atoms with Crippen molar-refractivity contribution in [2.24, 2.45) is 13.0 Å². The molecule has 3 aliphatic rings. The molecule has 5 heterocycles. The van der Waals surface area contributed by atoms with Crippen molar-refractivity contribution in [1.29, 1.82) is 0 Å². The zero-order valence-corrected chi connectivity index (χ0v) is 29.5. The Labute approximate surface area is 300 Å². The summed E-state index contributed by atoms with van der Waals surface area (Å²) in [7, 11) is 3.36. The minimum Gasteiger partial charge on any atom is -0.494 e. The normalized spacial score (nSPS) is 21.8. The highest BCUT2D eigenvalue weighted by molar-refractivity contribution is 6.05. The Morgan fingerprint density at radius 2 is 1.81 bits per heavy atom. The van der Waals surface area contributed by atoms with Gasteiger partial charge in [-0.2, -0.15) is 10.2 Å². The number of nitrogens with zero attached hydrogens (tertiary/aromatic N) is 7. The van der Waals surface area contributed by atoms with Crippen molar-refractivity contribution in [3.63, 3.8) is 0 Å². The minimum absolute atomic E-state index is 0.222. The van der Waals surface area contributed by atoms with Crippen molar-refractivity contribution < 1.29 is 19.1 Å². The number of benzene rings is 2. The highest BCUT2D eigenvalue weighted by atomic mass is 16.5. The number of anilines is 1. The van der Waals surface area contributed by atoms with Gasteiger partial charge in [-0.3, -0.25) is 33.5 Å². The molecule has 5 aromatic rings. The summed E-state index contributed by atoms with van der Waals surface area (Å²) in [5, 5.41) is 18.8. The van der Waals surface area contributed by atoms with E-state index in [1.807, 2.05) is 24.3 Å². The van der Waals surface area contributed by atoms with Gasteiger partial charge in [-0.15, -0.1) is 5.10 Å². The number of hydrogen-bond donors (Lipinski definition) is 2. The maximum Gasteiger partial charge on any atom is 0.329 e. The van der Waals surface area contributed by atoms with E-state index in [1.165, 1.54) is 6.20 Å². The standard InChI is InChI=1S/C38H43N9O5/c1-44-35-27(5-3-7-31(35)47(38(44)51)32-12-13-34(48)41-37(32)50)24-14-17-45(18-15-24)21-23-8-10-26(11-9-23)46-22-25-19-30(33(52-2)20-29(25)43-46)40-36(49)28-6-4-16-39-42-28/h3-7,16,19-20,22-24,26,32H,8-15,17-18,21H2,1-2H3,(H,40,49)(H,41,48,50). The molecule has 1 unspecified atom stereocenters. The van der Waals surface area contributed by atoms with E-state index in [9.17, 15) is 19.2 Å². The van der Waals surface area contributed by atoms with Gasteiger partial charge >= 0.3 is 5.69 Å². The van der Waals surface area contributed by atoms with Crippen LogP contribution in [0.25, 0.3) is 21.9 Å². The highest BCUT2D eigenvalue weighted by Crippen LogP contribution is 2.38. The predicted octanol–water partition coefficient (Wildman–Crippen LogP) is 4.33. The Morgan fingerprint density at radius 3 is 2.54 bits per heavy atom. The molecule has 3 amide bonds. The van der Waals surface area contributed by atoms with E-state index in [1.54, 1.807) is 35.4 Å². The van der Waals surface area contributed by atoms with Crippen LogP contribution >= 0.6 is 0 Å². The fourth-order valence-electron chi connectivity index (χ4n) is 8.55. The second-order valence-corrected chi connectivity index (χ2v) is 14.4. The van der Waals surface area contributed by atoms with E-state index >= 15 is 0 Å². The molecule has 2 saturated heterocycles. The third-order valence-corrected chi connectivity index (χ3v) is 11.3. The average Bonchev–Trinajstić information content (AvgIpc) is 3.69. The van der Waals surface area contributed by atoms with Gasteiger partial charge in [0, 0.05) is 43.9 Å². The van der Waals surface area contributed by atoms with Crippen LogP contribution in [0.2, 0.25) is 0 Å². The monoisotopic (exact) mass is 705 g/mol. The van der Waals surface area contributed by atoms with Crippen LogP contribution in [0.15, 0.2) is 59.7 Å². The average molecular weight is 706 g/mol. The largest absolute Gasteiger partial charge is 0.494 e. The number of hydrogen-bond acceptors (Lipinski definition) is 9. The zero-order chi connectivity index (χ0) is 35.9. The van der Waals surface area contributed by atoms with Gasteiger partial charge in [0.15, 0.2) is 5.69 Å². The van der Waals surface area contributed by atoms with Crippen LogP contribution in [0, 0.1) is 5.92 Å². The van der Waals surface area contributed by atoms with Crippen molar-refractivity contribution in [3.8, 4) is 5.75 Å². The molecular weight excluding hydrogens is 662 g/mol. The van der Waals surface area contributed by atoms with Crippen LogP contribution in [-0.2, 0) is 16.6 Å². The van der Waals surface area contributed by atoms with Crippen LogP contribution in [0.5, 0.6) is 5.75 Å². The van der Waals surface area contributed by atoms with Gasteiger partial charge < -0.3 is 15.0 Å². The lowest BCUT2D eigenvalue weighted by molar-refractivity contribution is -0.135. The van der Waals surface area contributed by atoms with Crippen LogP contribution in [0.3, 0.4) is 0 Å². The number of aryl methyl sites for hydroxylation is 1. The number of carbonyl (C=O) groups excluding carboxylic acids is 3. The number of imide groups is 1. The molecule has 1 atom stereocenters. The van der Waals surface area contributed by atoms with Crippen LogP contribution < -0.4 is 21.1 Å². The molecule has 14 nitrogen and oxygen atoms in total. The van der Waals surface area contributed by atoms with Crippen molar-refractivity contribution in [3.05, 3.63) is 76.6 Å². The first kappa shape index (κ1) is 33.8. The number of rotatable bonds is 8. The summed E-state index contributed by atoms with van der Waals surface area (Å²) in [6.45, 7) is 3.09. The first-order chi connectivity index (χ1) is 25.3. The number of amides is 3. The number of aromatic nitrogens is 6. The number of methoxy groups -OCH3 is 1. The van der Waals surface area contributed by atoms with Gasteiger partial charge in [0.05, 0.1) is 35.4 Å². The highest BCUT2D eigenvalue weighted by Gasteiger charge is 2.33. The third-order valence-electron chi connectivity index (χ3n) is 11.3. The molecule has 270 valence electrons. The first-order valence-electron chi connectivity index (χ1n) is 18.2. The fraction of sp³-hybridized carbons (Fsp3) is 0.447. The molecule has 1 aliphatic carbocycles. The Hall–Kier alpha value is -5.37. The van der Waals surface area contributed by atoms with Crippen molar-refractivity contribution in [1.82, 2.24) is 39.3 Å². The van der Waals surface area contributed by atoms with E-state index in [2.05, 4.69) is 42.7 Å². The summed E-state index contributed by atoms with van der Waals surface area (Å²) in [6, 6.07) is 12.7. The molecule has 3 aromatic heterocycles. The summed E-state index contributed by atoms with van der Waals surface area (Å²) in [6.07, 6.45) is 10.6. The molecule has 8 rings (SSSR count). The summed E-state index contributed by atoms with van der Waals surface area (Å²) < 4.78 is 10.9. The van der Waals surface area contributed by atoms with Gasteiger partial charge in [-0.25, -0.2) is 4.79 Å². The molecule has 1 saturated carbocycles. The SMILES string of the molecule is COc1cc2nn(C3CCC(CN4CCC(c5cccc6c5n(C)c(=O)n6C5CCC(=O)NC5=O)CC4)CC3)cc2cc1NC(=O)c1cccnn1. The van der Waals surface area contributed by atoms with E-state index < -0.39 is 11.9 Å². The van der Waals surface area contributed by atoms with Gasteiger partial charge in [-0.1, -0.05) is 12.1 Å². The number of piperidine rings is 2. The number of para-hydroxylation sites is 1. The molecule has 2 aromatic carbocycles. The van der Waals surface area contributed by atoms with Crippen LogP contribution in [-0.4, -0.2) is 78.5 Å². The molecule has 0 spiro atoms. The van der Waals surface area contributed by atoms with Crippen molar-refractivity contribution >= 4 is 45.3 Å². The summed E-state index contributed by atoms with van der Waals surface area (Å²) in [5.41, 5.74) is 4.20. The Balaban J connectivity index is 0.880. The Bertz CT molecular complexity index is 2210. The molecule has 2 aliphatic heterocycles. The maximum atomic E-state index is 13.4. The lowest BCUT2D eigenvalue weighted by Gasteiger charge is -2.37. The minimum atomic E-state index is -0.680. The summed E-state index contributed by atoms with van der Waals surface area (Å²) in [4.78, 5) is 53.2. The summed E-state index contributed by atoms with van der Waals surface area (Å²) >= 11 is 0. The molecule has 2 N–H and O–H groups in total. The van der Waals surface area contributed by atoms with Gasteiger partial charge in [-0.05, 0) is 99.7 Å². The van der Waals surface area contributed by atoms with Gasteiger partial charge in [0.25, 0.3) is 5.91 Å². The lowest BCUT2D eigenvalue weighted by atomic mass is 9.84. The molecular formula is C38H43N9O5. The maximum absolute atomic E-state index is 13.4. The van der Waals surface area contributed by atoms with Crippen molar-refractivity contribution in [2.75, 3.05) is 32.1 Å². The predicted molar refractivity (Wildman–Crippen MR) is 194 cm³/mol. The topological polar surface area (TPSA) is 158 Å². The number of fused-ring (bicyclic) bond motifs is 2. The number of likely N-dealkylation sites (tertiary alicyclic amines) is 1. The number of imidazole rings is 1. The Kier molecular flexibility index (Phi) is 9.08. The van der Waals surface area contributed by atoms with Crippen LogP contribution in [0.1, 0.15) is 85.4 Å². The molecule has 14 heteroatoms. The Morgan fingerprint density at radius 1 is 1.00 bits per heavy atom. The number of carbonyl (C=O) groups is 3. The fourth-order valence-corrected chi connectivity index (χ4v) is 8.55. The zero-order valence-electron chi connectivity index (χ0n) is 29.5.